The highest BCUT2D eigenvalue weighted by Crippen LogP contribution is 2.33. The number of amides is 1. The minimum Gasteiger partial charge on any atom is -0.302 e. The Kier molecular flexibility index (Phi) is 3.34. The van der Waals surface area contributed by atoms with Gasteiger partial charge in [-0.3, -0.25) is 14.4 Å². The van der Waals surface area contributed by atoms with Crippen LogP contribution >= 0.6 is 15.9 Å². The first-order chi connectivity index (χ1) is 8.41. The molecule has 0 saturated carbocycles. The smallest absolute Gasteiger partial charge is 0.299 e. The number of halogens is 1. The Morgan fingerprint density at radius 2 is 2.06 bits per heavy atom. The summed E-state index contributed by atoms with van der Waals surface area (Å²) in [6.45, 7) is 3.24. The minimum absolute atomic E-state index is 0.00619. The van der Waals surface area contributed by atoms with Crippen LogP contribution in [0.25, 0.3) is 0 Å². The van der Waals surface area contributed by atoms with E-state index in [0.29, 0.717) is 11.3 Å². The average Bonchev–Trinajstić information content (AvgIpc) is 2.51. The summed E-state index contributed by atoms with van der Waals surface area (Å²) >= 11 is 3.27. The SMILES string of the molecule is CC(=O)CC(C)N1C(=O)C(=O)c2cc(Br)ccc21. The Morgan fingerprint density at radius 3 is 2.67 bits per heavy atom. The van der Waals surface area contributed by atoms with Crippen molar-refractivity contribution in [1.82, 2.24) is 0 Å². The van der Waals surface area contributed by atoms with E-state index in [1.54, 1.807) is 25.1 Å². The highest BCUT2D eigenvalue weighted by atomic mass is 79.9. The van der Waals surface area contributed by atoms with Gasteiger partial charge in [0.2, 0.25) is 0 Å². The molecule has 1 amide bonds. The number of rotatable bonds is 3. The van der Waals surface area contributed by atoms with Crippen molar-refractivity contribution in [2.75, 3.05) is 4.90 Å². The van der Waals surface area contributed by atoms with E-state index in [1.807, 2.05) is 0 Å². The maximum atomic E-state index is 11.9. The predicted octanol–water partition coefficient (Wildman–Crippen LogP) is 2.35. The van der Waals surface area contributed by atoms with Gasteiger partial charge in [-0.15, -0.1) is 0 Å². The van der Waals surface area contributed by atoms with E-state index in [1.165, 1.54) is 11.8 Å². The van der Waals surface area contributed by atoms with Crippen LogP contribution in [0.15, 0.2) is 22.7 Å². The second-order valence-corrected chi connectivity index (χ2v) is 5.34. The molecule has 1 aliphatic rings. The lowest BCUT2D eigenvalue weighted by atomic mass is 10.1. The number of carbonyl (C=O) groups excluding carboxylic acids is 3. The van der Waals surface area contributed by atoms with Crippen molar-refractivity contribution >= 4 is 39.1 Å². The number of ketones is 2. The zero-order valence-corrected chi connectivity index (χ0v) is 11.7. The van der Waals surface area contributed by atoms with Crippen LogP contribution in [0.4, 0.5) is 5.69 Å². The molecule has 0 saturated heterocycles. The molecule has 94 valence electrons. The molecular weight excluding hydrogens is 298 g/mol. The monoisotopic (exact) mass is 309 g/mol. The maximum Gasteiger partial charge on any atom is 0.299 e. The van der Waals surface area contributed by atoms with Gasteiger partial charge in [0, 0.05) is 16.9 Å². The van der Waals surface area contributed by atoms with Crippen LogP contribution in [-0.2, 0) is 9.59 Å². The summed E-state index contributed by atoms with van der Waals surface area (Å²) in [5.41, 5.74) is 0.978. The molecule has 0 radical (unpaired) electrons. The Labute approximate surface area is 113 Å². The van der Waals surface area contributed by atoms with E-state index in [9.17, 15) is 14.4 Å². The number of hydrogen-bond donors (Lipinski definition) is 0. The van der Waals surface area contributed by atoms with Crippen LogP contribution in [0.5, 0.6) is 0 Å². The van der Waals surface area contributed by atoms with Gasteiger partial charge in [0.15, 0.2) is 0 Å². The number of hydrogen-bond acceptors (Lipinski definition) is 3. The third-order valence-corrected chi connectivity index (χ3v) is 3.39. The second-order valence-electron chi connectivity index (χ2n) is 4.42. The van der Waals surface area contributed by atoms with Gasteiger partial charge in [0.05, 0.1) is 11.3 Å². The fourth-order valence-corrected chi connectivity index (χ4v) is 2.54. The zero-order valence-electron chi connectivity index (χ0n) is 10.1. The van der Waals surface area contributed by atoms with Gasteiger partial charge in [-0.2, -0.15) is 0 Å². The van der Waals surface area contributed by atoms with Gasteiger partial charge in [-0.1, -0.05) is 15.9 Å². The Morgan fingerprint density at radius 1 is 1.39 bits per heavy atom. The first kappa shape index (κ1) is 13.0. The fraction of sp³-hybridized carbons (Fsp3) is 0.308. The minimum atomic E-state index is -0.558. The van der Waals surface area contributed by atoms with Gasteiger partial charge >= 0.3 is 0 Å². The molecular formula is C13H12BrNO3. The van der Waals surface area contributed by atoms with Gasteiger partial charge < -0.3 is 4.90 Å². The molecule has 0 N–H and O–H groups in total. The number of nitrogens with zero attached hydrogens (tertiary/aromatic N) is 1. The van der Waals surface area contributed by atoms with Crippen molar-refractivity contribution < 1.29 is 14.4 Å². The number of anilines is 1. The van der Waals surface area contributed by atoms with E-state index < -0.39 is 11.7 Å². The van der Waals surface area contributed by atoms with Crippen LogP contribution in [0.2, 0.25) is 0 Å². The van der Waals surface area contributed by atoms with Crippen LogP contribution in [-0.4, -0.2) is 23.5 Å². The molecule has 1 aromatic rings. The highest BCUT2D eigenvalue weighted by Gasteiger charge is 2.38. The van der Waals surface area contributed by atoms with Crippen molar-refractivity contribution in [2.45, 2.75) is 26.3 Å². The molecule has 4 nitrogen and oxygen atoms in total. The molecule has 5 heteroatoms. The lowest BCUT2D eigenvalue weighted by molar-refractivity contribution is -0.117. The van der Waals surface area contributed by atoms with Gasteiger partial charge in [-0.05, 0) is 32.0 Å². The average molecular weight is 310 g/mol. The third-order valence-electron chi connectivity index (χ3n) is 2.90. The standard InChI is InChI=1S/C13H12BrNO3/c1-7(5-8(2)16)15-11-4-3-9(14)6-10(11)12(17)13(15)18/h3-4,6-7H,5H2,1-2H3. The molecule has 0 bridgehead atoms. The van der Waals surface area contributed by atoms with Crippen LogP contribution in [0.1, 0.15) is 30.6 Å². The molecule has 1 atom stereocenters. The Bertz CT molecular complexity index is 553. The van der Waals surface area contributed by atoms with Gasteiger partial charge in [0.25, 0.3) is 11.7 Å². The first-order valence-corrected chi connectivity index (χ1v) is 6.38. The summed E-state index contributed by atoms with van der Waals surface area (Å²) < 4.78 is 0.753. The summed E-state index contributed by atoms with van der Waals surface area (Å²) in [5, 5.41) is 0. The number of carbonyl (C=O) groups is 3. The summed E-state index contributed by atoms with van der Waals surface area (Å²) in [4.78, 5) is 36.3. The van der Waals surface area contributed by atoms with Crippen LogP contribution in [0, 0.1) is 0 Å². The maximum absolute atomic E-state index is 11.9. The summed E-state index contributed by atoms with van der Waals surface area (Å²) in [6, 6.07) is 4.83. The molecule has 18 heavy (non-hydrogen) atoms. The lowest BCUT2D eigenvalue weighted by Gasteiger charge is -2.23. The molecule has 0 aliphatic carbocycles. The van der Waals surface area contributed by atoms with E-state index in [0.717, 1.165) is 4.47 Å². The number of fused-ring (bicyclic) bond motifs is 1. The summed E-state index contributed by atoms with van der Waals surface area (Å²) in [5.74, 6) is -1.08. The molecule has 1 aromatic carbocycles. The van der Waals surface area contributed by atoms with E-state index in [2.05, 4.69) is 15.9 Å². The fourth-order valence-electron chi connectivity index (χ4n) is 2.18. The van der Waals surface area contributed by atoms with Crippen molar-refractivity contribution in [3.8, 4) is 0 Å². The quantitative estimate of drug-likeness (QED) is 0.805. The Balaban J connectivity index is 2.43. The number of Topliss-reactive ketones (excluding diaryl/α,β-unsaturated/α-hetero) is 2. The summed E-state index contributed by atoms with van der Waals surface area (Å²) in [7, 11) is 0. The van der Waals surface area contributed by atoms with Crippen molar-refractivity contribution in [3.05, 3.63) is 28.2 Å². The lowest BCUT2D eigenvalue weighted by Crippen LogP contribution is -2.38. The largest absolute Gasteiger partial charge is 0.302 e. The highest BCUT2D eigenvalue weighted by molar-refractivity contribution is 9.10. The van der Waals surface area contributed by atoms with Gasteiger partial charge in [-0.25, -0.2) is 0 Å². The molecule has 1 heterocycles. The van der Waals surface area contributed by atoms with Crippen LogP contribution in [0.3, 0.4) is 0 Å². The van der Waals surface area contributed by atoms with E-state index in [-0.39, 0.29) is 18.2 Å². The molecule has 0 aromatic heterocycles. The van der Waals surface area contributed by atoms with Crippen LogP contribution < -0.4 is 4.90 Å². The molecule has 0 spiro atoms. The topological polar surface area (TPSA) is 54.5 Å². The third kappa shape index (κ3) is 2.10. The second kappa shape index (κ2) is 4.65. The van der Waals surface area contributed by atoms with Crippen molar-refractivity contribution in [1.29, 1.82) is 0 Å². The molecule has 2 rings (SSSR count). The predicted molar refractivity (Wildman–Crippen MR) is 70.7 cm³/mol. The molecule has 0 fully saturated rings. The van der Waals surface area contributed by atoms with E-state index >= 15 is 0 Å². The van der Waals surface area contributed by atoms with Gasteiger partial charge in [0.1, 0.15) is 5.78 Å². The number of benzene rings is 1. The molecule has 1 unspecified atom stereocenters. The van der Waals surface area contributed by atoms with Crippen molar-refractivity contribution in [3.63, 3.8) is 0 Å². The summed E-state index contributed by atoms with van der Waals surface area (Å²) in [6.07, 6.45) is 0.245. The Hall–Kier alpha value is -1.49. The first-order valence-electron chi connectivity index (χ1n) is 5.58. The van der Waals surface area contributed by atoms with E-state index in [4.69, 9.17) is 0 Å². The van der Waals surface area contributed by atoms with Crippen molar-refractivity contribution in [2.24, 2.45) is 0 Å². The normalized spacial score (nSPS) is 15.8. The molecule has 1 aliphatic heterocycles. The zero-order chi connectivity index (χ0) is 13.4.